The number of carbonyl (C=O) groups excluding carboxylic acids is 1. The number of pyridine rings is 1. The van der Waals surface area contributed by atoms with E-state index >= 15 is 0 Å². The average Bonchev–Trinajstić information content (AvgIpc) is 3.49. The van der Waals surface area contributed by atoms with E-state index in [1.807, 2.05) is 0 Å². The number of likely N-dealkylation sites (tertiary alicyclic amines) is 1. The van der Waals surface area contributed by atoms with Crippen molar-refractivity contribution in [3.8, 4) is 17.6 Å². The molecule has 2 aromatic carbocycles. The fourth-order valence-corrected chi connectivity index (χ4v) is 5.17. The van der Waals surface area contributed by atoms with E-state index in [1.165, 1.54) is 21.7 Å². The Morgan fingerprint density at radius 1 is 1.18 bits per heavy atom. The third kappa shape index (κ3) is 2.64. The summed E-state index contributed by atoms with van der Waals surface area (Å²) in [5.41, 5.74) is 0.746. The highest BCUT2D eigenvalue weighted by Crippen LogP contribution is 2.49. The second-order valence-electron chi connectivity index (χ2n) is 8.36. The molecule has 1 N–H and O–H groups in total. The zero-order chi connectivity index (χ0) is 23.7. The summed E-state index contributed by atoms with van der Waals surface area (Å²) in [5.74, 6) is -2.63. The second kappa shape index (κ2) is 6.99. The zero-order valence-electron chi connectivity index (χ0n) is 17.4. The minimum atomic E-state index is -0.861. The highest BCUT2D eigenvalue weighted by Gasteiger charge is 2.49. The monoisotopic (exact) mass is 459 g/mol. The van der Waals surface area contributed by atoms with Crippen LogP contribution in [-0.2, 0) is 0 Å². The molecule has 10 heteroatoms. The molecular formula is C24H15F2N5O3. The van der Waals surface area contributed by atoms with Crippen molar-refractivity contribution >= 4 is 16.8 Å². The molecular weight excluding hydrogens is 444 g/mol. The number of nitrogens with zero attached hydrogens (tertiary/aromatic N) is 5. The van der Waals surface area contributed by atoms with Crippen LogP contribution >= 0.6 is 0 Å². The van der Waals surface area contributed by atoms with E-state index in [2.05, 4.69) is 11.1 Å². The third-order valence-corrected chi connectivity index (χ3v) is 6.54. The smallest absolute Gasteiger partial charge is 0.336 e. The van der Waals surface area contributed by atoms with Gasteiger partial charge in [-0.15, -0.1) is 0 Å². The van der Waals surface area contributed by atoms with Crippen LogP contribution in [0.15, 0.2) is 53.5 Å². The topological polar surface area (TPSA) is 104 Å². The van der Waals surface area contributed by atoms with E-state index in [0.29, 0.717) is 34.6 Å². The molecule has 0 aliphatic carbocycles. The van der Waals surface area contributed by atoms with Crippen LogP contribution in [0.3, 0.4) is 0 Å². The average molecular weight is 459 g/mol. The van der Waals surface area contributed by atoms with Gasteiger partial charge in [0.1, 0.15) is 23.4 Å². The summed E-state index contributed by atoms with van der Waals surface area (Å²) in [6, 6.07) is 10.1. The van der Waals surface area contributed by atoms with Gasteiger partial charge in [0.15, 0.2) is 0 Å². The van der Waals surface area contributed by atoms with Crippen LogP contribution in [0.25, 0.3) is 16.6 Å². The molecule has 2 atom stereocenters. The lowest BCUT2D eigenvalue weighted by Gasteiger charge is -2.27. The van der Waals surface area contributed by atoms with Crippen molar-refractivity contribution in [2.24, 2.45) is 0 Å². The SMILES string of the molecule is N#Cc1ccc(-n2c(O)c3n(c2=O)[C@@H]2CC3N(C(=O)c3cc(F)cc(F)c3)C2)c2cccnc12. The van der Waals surface area contributed by atoms with Gasteiger partial charge in [-0.25, -0.2) is 18.1 Å². The number of halogens is 2. The number of imidazole rings is 1. The molecule has 2 aliphatic heterocycles. The van der Waals surface area contributed by atoms with Crippen LogP contribution in [0.1, 0.15) is 40.1 Å². The zero-order valence-corrected chi connectivity index (χ0v) is 17.4. The number of benzene rings is 2. The standard InChI is InChI=1S/C24H15F2N5O3/c25-14-6-13(7-15(26)8-14)22(32)29-11-16-9-19(29)21-23(33)31(24(34)30(16)21)18-4-3-12(10-27)20-17(18)2-1-5-28-20/h1-8,16,19,33H,9,11H2/t16-,19?/m1/s1. The van der Waals surface area contributed by atoms with Gasteiger partial charge in [0.05, 0.1) is 28.9 Å². The molecule has 0 radical (unpaired) electrons. The van der Waals surface area contributed by atoms with Crippen molar-refractivity contribution in [2.75, 3.05) is 6.54 Å². The van der Waals surface area contributed by atoms with E-state index in [-0.39, 0.29) is 29.7 Å². The van der Waals surface area contributed by atoms with E-state index in [9.17, 15) is 28.7 Å². The molecule has 1 unspecified atom stereocenters. The van der Waals surface area contributed by atoms with Crippen molar-refractivity contribution in [1.29, 1.82) is 5.26 Å². The number of aromatic nitrogens is 3. The molecule has 2 aliphatic rings. The van der Waals surface area contributed by atoms with Gasteiger partial charge in [0, 0.05) is 29.8 Å². The van der Waals surface area contributed by atoms with E-state index < -0.39 is 29.3 Å². The van der Waals surface area contributed by atoms with Crippen molar-refractivity contribution in [3.05, 3.63) is 87.6 Å². The van der Waals surface area contributed by atoms with Gasteiger partial charge in [-0.05, 0) is 42.8 Å². The summed E-state index contributed by atoms with van der Waals surface area (Å²) in [4.78, 5) is 32.1. The first-order valence-electron chi connectivity index (χ1n) is 10.5. The van der Waals surface area contributed by atoms with Crippen LogP contribution < -0.4 is 5.69 Å². The van der Waals surface area contributed by atoms with E-state index in [1.54, 1.807) is 18.2 Å². The van der Waals surface area contributed by atoms with Gasteiger partial charge in [-0.2, -0.15) is 5.26 Å². The maximum absolute atomic E-state index is 13.7. The molecule has 8 nitrogen and oxygen atoms in total. The predicted molar refractivity (Wildman–Crippen MR) is 115 cm³/mol. The number of nitriles is 1. The Morgan fingerprint density at radius 2 is 1.94 bits per heavy atom. The minimum absolute atomic E-state index is 0.137. The maximum atomic E-state index is 13.7. The summed E-state index contributed by atoms with van der Waals surface area (Å²) in [6.07, 6.45) is 1.95. The summed E-state index contributed by atoms with van der Waals surface area (Å²) < 4.78 is 30.0. The Kier molecular flexibility index (Phi) is 4.13. The van der Waals surface area contributed by atoms with Gasteiger partial charge in [-0.1, -0.05) is 0 Å². The Hall–Kier alpha value is -4.52. The summed E-state index contributed by atoms with van der Waals surface area (Å²) in [6.45, 7) is 0.174. The van der Waals surface area contributed by atoms with Crippen molar-refractivity contribution in [2.45, 2.75) is 18.5 Å². The second-order valence-corrected chi connectivity index (χ2v) is 8.36. The van der Waals surface area contributed by atoms with Gasteiger partial charge in [0.25, 0.3) is 5.91 Å². The molecule has 0 saturated carbocycles. The Morgan fingerprint density at radius 3 is 2.68 bits per heavy atom. The first-order valence-corrected chi connectivity index (χ1v) is 10.5. The van der Waals surface area contributed by atoms with Crippen LogP contribution in [0, 0.1) is 23.0 Å². The lowest BCUT2D eigenvalue weighted by molar-refractivity contribution is 0.0710. The highest BCUT2D eigenvalue weighted by molar-refractivity contribution is 5.95. The van der Waals surface area contributed by atoms with Gasteiger partial charge in [0.2, 0.25) is 5.88 Å². The number of amides is 1. The molecule has 2 bridgehead atoms. The normalized spacial score (nSPS) is 18.3. The van der Waals surface area contributed by atoms with Crippen LogP contribution in [0.2, 0.25) is 0 Å². The van der Waals surface area contributed by atoms with Crippen LogP contribution in [0.5, 0.6) is 5.88 Å². The third-order valence-electron chi connectivity index (χ3n) is 6.54. The number of aromatic hydroxyl groups is 1. The molecule has 1 amide bonds. The van der Waals surface area contributed by atoms with Crippen molar-refractivity contribution in [1.82, 2.24) is 19.0 Å². The Labute approximate surface area is 190 Å². The molecule has 1 fully saturated rings. The molecule has 4 heterocycles. The summed E-state index contributed by atoms with van der Waals surface area (Å²) in [7, 11) is 0. The number of carbonyl (C=O) groups is 1. The first-order chi connectivity index (χ1) is 16.4. The molecule has 6 rings (SSSR count). The lowest BCUT2D eigenvalue weighted by Crippen LogP contribution is -2.37. The fraction of sp³-hybridized carbons (Fsp3) is 0.167. The number of hydrogen-bond acceptors (Lipinski definition) is 5. The fourth-order valence-electron chi connectivity index (χ4n) is 5.17. The number of hydrogen-bond donors (Lipinski definition) is 1. The van der Waals surface area contributed by atoms with Crippen molar-refractivity contribution < 1.29 is 18.7 Å². The van der Waals surface area contributed by atoms with Crippen LogP contribution in [0.4, 0.5) is 8.78 Å². The molecule has 168 valence electrons. The summed E-state index contributed by atoms with van der Waals surface area (Å²) in [5, 5.41) is 21.1. The van der Waals surface area contributed by atoms with Crippen molar-refractivity contribution in [3.63, 3.8) is 0 Å². The maximum Gasteiger partial charge on any atom is 0.336 e. The molecule has 34 heavy (non-hydrogen) atoms. The molecule has 4 aromatic rings. The molecule has 0 spiro atoms. The largest absolute Gasteiger partial charge is 0.493 e. The highest BCUT2D eigenvalue weighted by atomic mass is 19.1. The lowest BCUT2D eigenvalue weighted by atomic mass is 10.1. The Bertz CT molecular complexity index is 1610. The first kappa shape index (κ1) is 20.1. The summed E-state index contributed by atoms with van der Waals surface area (Å²) >= 11 is 0. The number of rotatable bonds is 2. The predicted octanol–water partition coefficient (Wildman–Crippen LogP) is 3.18. The van der Waals surface area contributed by atoms with E-state index in [0.717, 1.165) is 16.7 Å². The molecule has 2 aromatic heterocycles. The van der Waals surface area contributed by atoms with Gasteiger partial charge < -0.3 is 10.0 Å². The quantitative estimate of drug-likeness (QED) is 0.496. The number of fused-ring (bicyclic) bond motifs is 6. The Balaban J connectivity index is 1.48. The van der Waals surface area contributed by atoms with Gasteiger partial charge in [-0.3, -0.25) is 14.3 Å². The van der Waals surface area contributed by atoms with Gasteiger partial charge >= 0.3 is 5.69 Å². The van der Waals surface area contributed by atoms with Crippen LogP contribution in [-0.4, -0.2) is 36.6 Å². The molecule has 1 saturated heterocycles. The minimum Gasteiger partial charge on any atom is -0.493 e. The van der Waals surface area contributed by atoms with E-state index in [4.69, 9.17) is 0 Å².